The molecule has 1 saturated carbocycles. The lowest BCUT2D eigenvalue weighted by Gasteiger charge is -2.32. The van der Waals surface area contributed by atoms with E-state index in [1.807, 2.05) is 25.1 Å². The summed E-state index contributed by atoms with van der Waals surface area (Å²) in [5.41, 5.74) is 3.08. The highest BCUT2D eigenvalue weighted by Crippen LogP contribution is 2.33. The number of hydrogen-bond donors (Lipinski definition) is 1. The van der Waals surface area contributed by atoms with Gasteiger partial charge in [0.15, 0.2) is 0 Å². The normalized spacial score (nSPS) is 20.4. The molecule has 1 saturated heterocycles. The van der Waals surface area contributed by atoms with Gasteiger partial charge in [-0.25, -0.2) is 12.7 Å². The van der Waals surface area contributed by atoms with E-state index in [0.29, 0.717) is 19.1 Å². The van der Waals surface area contributed by atoms with E-state index in [-0.39, 0.29) is 5.25 Å². The highest BCUT2D eigenvalue weighted by molar-refractivity contribution is 7.90. The summed E-state index contributed by atoms with van der Waals surface area (Å²) in [7, 11) is -3.03. The van der Waals surface area contributed by atoms with Crippen LogP contribution in [0.5, 0.6) is 0 Å². The van der Waals surface area contributed by atoms with Crippen LogP contribution in [-0.2, 0) is 10.0 Å². The Labute approximate surface area is 143 Å². The van der Waals surface area contributed by atoms with E-state index in [4.69, 9.17) is 0 Å². The van der Waals surface area contributed by atoms with Crippen molar-refractivity contribution in [2.24, 2.45) is 0 Å². The Morgan fingerprint density at radius 1 is 1.12 bits per heavy atom. The Bertz CT molecular complexity index is 854. The zero-order valence-corrected chi connectivity index (χ0v) is 14.7. The van der Waals surface area contributed by atoms with E-state index in [2.05, 4.69) is 22.4 Å². The minimum absolute atomic E-state index is 0.103. The van der Waals surface area contributed by atoms with E-state index < -0.39 is 10.0 Å². The SMILES string of the molecule is Cc1cc(NC2CCN(S(=O)(=O)C3CC3)CC2)c2ccccc2n1. The van der Waals surface area contributed by atoms with Crippen LogP contribution < -0.4 is 5.32 Å². The van der Waals surface area contributed by atoms with Gasteiger partial charge in [-0.15, -0.1) is 0 Å². The van der Waals surface area contributed by atoms with E-state index in [1.54, 1.807) is 4.31 Å². The van der Waals surface area contributed by atoms with Gasteiger partial charge in [-0.2, -0.15) is 0 Å². The molecule has 1 aromatic carbocycles. The maximum atomic E-state index is 12.3. The summed E-state index contributed by atoms with van der Waals surface area (Å²) >= 11 is 0. The van der Waals surface area contributed by atoms with Crippen LogP contribution in [-0.4, -0.2) is 42.1 Å². The monoisotopic (exact) mass is 345 g/mol. The highest BCUT2D eigenvalue weighted by Gasteiger charge is 2.41. The molecule has 0 radical (unpaired) electrons. The number of nitrogens with one attached hydrogen (secondary N) is 1. The standard InChI is InChI=1S/C18H23N3O2S/c1-13-12-18(16-4-2-3-5-17(16)19-13)20-14-8-10-21(11-9-14)24(22,23)15-6-7-15/h2-5,12,14-15H,6-11H2,1H3,(H,19,20). The third-order valence-electron chi connectivity index (χ3n) is 4.96. The summed E-state index contributed by atoms with van der Waals surface area (Å²) in [5, 5.41) is 4.64. The van der Waals surface area contributed by atoms with Gasteiger partial charge in [0, 0.05) is 35.9 Å². The van der Waals surface area contributed by atoms with E-state index in [9.17, 15) is 8.42 Å². The van der Waals surface area contributed by atoms with Gasteiger partial charge in [0.1, 0.15) is 0 Å². The number of piperidine rings is 1. The van der Waals surface area contributed by atoms with Crippen molar-refractivity contribution in [3.63, 3.8) is 0 Å². The molecule has 6 heteroatoms. The van der Waals surface area contributed by atoms with Crippen molar-refractivity contribution < 1.29 is 8.42 Å². The van der Waals surface area contributed by atoms with Gasteiger partial charge in [0.25, 0.3) is 0 Å². The Balaban J connectivity index is 1.48. The van der Waals surface area contributed by atoms with Gasteiger partial charge in [-0.3, -0.25) is 4.98 Å². The molecule has 2 aromatic rings. The Morgan fingerprint density at radius 3 is 2.54 bits per heavy atom. The fourth-order valence-electron chi connectivity index (χ4n) is 3.48. The summed E-state index contributed by atoms with van der Waals surface area (Å²) in [5.74, 6) is 0. The molecular formula is C18H23N3O2S. The first-order chi connectivity index (χ1) is 11.5. The lowest BCUT2D eigenvalue weighted by molar-refractivity contribution is 0.329. The topological polar surface area (TPSA) is 62.3 Å². The van der Waals surface area contributed by atoms with Crippen molar-refractivity contribution in [1.82, 2.24) is 9.29 Å². The molecule has 0 spiro atoms. The van der Waals surface area contributed by atoms with Crippen LogP contribution >= 0.6 is 0 Å². The molecule has 4 rings (SSSR count). The molecule has 0 bridgehead atoms. The summed E-state index contributed by atoms with van der Waals surface area (Å²) in [6, 6.07) is 10.5. The summed E-state index contributed by atoms with van der Waals surface area (Å²) < 4.78 is 26.4. The molecule has 5 nitrogen and oxygen atoms in total. The molecule has 24 heavy (non-hydrogen) atoms. The fourth-order valence-corrected chi connectivity index (χ4v) is 5.35. The molecule has 1 aromatic heterocycles. The number of rotatable bonds is 4. The second kappa shape index (κ2) is 6.01. The lowest BCUT2D eigenvalue weighted by atomic mass is 10.1. The summed E-state index contributed by atoms with van der Waals surface area (Å²) in [4.78, 5) is 4.57. The van der Waals surface area contributed by atoms with Gasteiger partial charge in [-0.05, 0) is 44.7 Å². The quantitative estimate of drug-likeness (QED) is 0.925. The number of hydrogen-bond acceptors (Lipinski definition) is 4. The first kappa shape index (κ1) is 15.8. The molecule has 2 aliphatic rings. The largest absolute Gasteiger partial charge is 0.382 e. The van der Waals surface area contributed by atoms with Crippen LogP contribution in [0, 0.1) is 6.92 Å². The first-order valence-corrected chi connectivity index (χ1v) is 10.2. The molecule has 2 fully saturated rings. The van der Waals surface area contributed by atoms with Gasteiger partial charge < -0.3 is 5.32 Å². The number of sulfonamides is 1. The number of aryl methyl sites for hydroxylation is 1. The molecule has 1 N–H and O–H groups in total. The number of nitrogens with zero attached hydrogens (tertiary/aromatic N) is 2. The number of pyridine rings is 1. The van der Waals surface area contributed by atoms with Crippen molar-refractivity contribution in [2.75, 3.05) is 18.4 Å². The van der Waals surface area contributed by atoms with Gasteiger partial charge in [0.05, 0.1) is 10.8 Å². The van der Waals surface area contributed by atoms with Crippen LogP contribution in [0.15, 0.2) is 30.3 Å². The average Bonchev–Trinajstić information content (AvgIpc) is 3.41. The zero-order chi connectivity index (χ0) is 16.7. The molecular weight excluding hydrogens is 322 g/mol. The molecule has 0 amide bonds. The van der Waals surface area contributed by atoms with E-state index >= 15 is 0 Å². The predicted molar refractivity (Wildman–Crippen MR) is 96.6 cm³/mol. The number of anilines is 1. The Hall–Kier alpha value is -1.66. The maximum absolute atomic E-state index is 12.3. The van der Waals surface area contributed by atoms with Crippen molar-refractivity contribution in [3.05, 3.63) is 36.0 Å². The minimum atomic E-state index is -3.03. The van der Waals surface area contributed by atoms with Crippen LogP contribution in [0.1, 0.15) is 31.4 Å². The van der Waals surface area contributed by atoms with Crippen molar-refractivity contribution >= 4 is 26.6 Å². The number of aromatic nitrogens is 1. The predicted octanol–water partition coefficient (Wildman–Crippen LogP) is 2.91. The lowest BCUT2D eigenvalue weighted by Crippen LogP contribution is -2.43. The molecule has 128 valence electrons. The smallest absolute Gasteiger partial charge is 0.216 e. The minimum Gasteiger partial charge on any atom is -0.382 e. The second-order valence-electron chi connectivity index (χ2n) is 6.89. The summed E-state index contributed by atoms with van der Waals surface area (Å²) in [6.45, 7) is 3.25. The molecule has 2 heterocycles. The summed E-state index contributed by atoms with van der Waals surface area (Å²) in [6.07, 6.45) is 3.37. The van der Waals surface area contributed by atoms with Crippen molar-refractivity contribution in [2.45, 2.75) is 43.9 Å². The van der Waals surface area contributed by atoms with Crippen LogP contribution in [0.2, 0.25) is 0 Å². The number of para-hydroxylation sites is 1. The fraction of sp³-hybridized carbons (Fsp3) is 0.500. The molecule has 0 atom stereocenters. The molecule has 1 aliphatic carbocycles. The Kier molecular flexibility index (Phi) is 3.96. The molecule has 0 unspecified atom stereocenters. The van der Waals surface area contributed by atoms with Crippen molar-refractivity contribution in [3.8, 4) is 0 Å². The third kappa shape index (κ3) is 3.00. The van der Waals surface area contributed by atoms with Gasteiger partial charge in [0.2, 0.25) is 10.0 Å². The third-order valence-corrected chi connectivity index (χ3v) is 7.36. The van der Waals surface area contributed by atoms with Gasteiger partial charge >= 0.3 is 0 Å². The molecule has 1 aliphatic heterocycles. The van der Waals surface area contributed by atoms with Gasteiger partial charge in [-0.1, -0.05) is 18.2 Å². The van der Waals surface area contributed by atoms with Crippen LogP contribution in [0.25, 0.3) is 10.9 Å². The number of benzene rings is 1. The maximum Gasteiger partial charge on any atom is 0.216 e. The average molecular weight is 345 g/mol. The van der Waals surface area contributed by atoms with Crippen LogP contribution in [0.3, 0.4) is 0 Å². The van der Waals surface area contributed by atoms with Crippen molar-refractivity contribution in [1.29, 1.82) is 0 Å². The second-order valence-corrected chi connectivity index (χ2v) is 9.10. The zero-order valence-electron chi connectivity index (χ0n) is 13.9. The highest BCUT2D eigenvalue weighted by atomic mass is 32.2. The number of fused-ring (bicyclic) bond motifs is 1. The first-order valence-electron chi connectivity index (χ1n) is 8.66. The van der Waals surface area contributed by atoms with E-state index in [1.165, 1.54) is 0 Å². The van der Waals surface area contributed by atoms with Crippen LogP contribution in [0.4, 0.5) is 5.69 Å². The van der Waals surface area contributed by atoms with E-state index in [0.717, 1.165) is 48.0 Å². The Morgan fingerprint density at radius 2 is 1.83 bits per heavy atom.